The van der Waals surface area contributed by atoms with E-state index in [1.54, 1.807) is 0 Å². The molecule has 0 N–H and O–H groups in total. The standard InChI is InChI=1S/C27H30NOP/c1-25(2)21-17-18-26(25,3)27(20-21,24-16-10-11-19-28-24)29-30(22-12-6-4-7-13-22)23-14-8-5-9-15-23/h4-16,19,21H,17-18,20H2,1-3H3/t21-,26-,27+/m1/s1. The van der Waals surface area contributed by atoms with Crippen LogP contribution in [0.25, 0.3) is 0 Å². The molecule has 2 saturated carbocycles. The van der Waals surface area contributed by atoms with Crippen molar-refractivity contribution in [2.75, 3.05) is 0 Å². The van der Waals surface area contributed by atoms with Gasteiger partial charge in [0.1, 0.15) is 5.60 Å². The minimum Gasteiger partial charge on any atom is -0.336 e. The monoisotopic (exact) mass is 415 g/mol. The molecule has 1 aromatic heterocycles. The molecule has 2 fully saturated rings. The van der Waals surface area contributed by atoms with E-state index in [-0.39, 0.29) is 16.4 Å². The zero-order valence-corrected chi connectivity index (χ0v) is 19.0. The van der Waals surface area contributed by atoms with E-state index in [0.29, 0.717) is 5.92 Å². The molecule has 2 aliphatic rings. The van der Waals surface area contributed by atoms with Crippen LogP contribution in [-0.4, -0.2) is 4.98 Å². The van der Waals surface area contributed by atoms with Crippen molar-refractivity contribution >= 4 is 18.8 Å². The summed E-state index contributed by atoms with van der Waals surface area (Å²) in [6.07, 6.45) is 5.45. The molecule has 3 aromatic rings. The van der Waals surface area contributed by atoms with Gasteiger partial charge in [-0.25, -0.2) is 0 Å². The van der Waals surface area contributed by atoms with Crippen molar-refractivity contribution in [3.8, 4) is 0 Å². The molecule has 0 saturated heterocycles. The number of aromatic nitrogens is 1. The van der Waals surface area contributed by atoms with Gasteiger partial charge in [0.2, 0.25) is 0 Å². The lowest BCUT2D eigenvalue weighted by Gasteiger charge is -2.49. The Morgan fingerprint density at radius 3 is 1.90 bits per heavy atom. The SMILES string of the molecule is CC1(C)[C@@H]2CC[C@@]1(C)[C@@](OP(c1ccccc1)c1ccccc1)(c1ccccn1)C2. The third-order valence-corrected chi connectivity index (χ3v) is 10.2. The molecule has 3 heteroatoms. The summed E-state index contributed by atoms with van der Waals surface area (Å²) in [6, 6.07) is 27.8. The van der Waals surface area contributed by atoms with Crippen molar-refractivity contribution in [3.63, 3.8) is 0 Å². The number of pyridine rings is 1. The second kappa shape index (κ2) is 7.29. The quantitative estimate of drug-likeness (QED) is 0.464. The number of benzene rings is 2. The van der Waals surface area contributed by atoms with E-state index in [9.17, 15) is 0 Å². The van der Waals surface area contributed by atoms with Gasteiger partial charge in [0.05, 0.1) is 13.8 Å². The first-order valence-corrected chi connectivity index (χ1v) is 12.2. The van der Waals surface area contributed by atoms with Gasteiger partial charge < -0.3 is 4.52 Å². The smallest absolute Gasteiger partial charge is 0.121 e. The van der Waals surface area contributed by atoms with Crippen molar-refractivity contribution < 1.29 is 4.52 Å². The summed E-state index contributed by atoms with van der Waals surface area (Å²) in [5.74, 6) is 0.660. The third kappa shape index (κ3) is 2.81. The van der Waals surface area contributed by atoms with Gasteiger partial charge in [0.15, 0.2) is 0 Å². The lowest BCUT2D eigenvalue weighted by molar-refractivity contribution is -0.0686. The first-order valence-electron chi connectivity index (χ1n) is 11.0. The van der Waals surface area contributed by atoms with Crippen molar-refractivity contribution in [3.05, 3.63) is 90.8 Å². The Labute approximate surface area is 181 Å². The minimum atomic E-state index is -0.959. The van der Waals surface area contributed by atoms with Gasteiger partial charge in [-0.2, -0.15) is 0 Å². The zero-order chi connectivity index (χ0) is 20.8. The Bertz CT molecular complexity index is 967. The maximum Gasteiger partial charge on any atom is 0.121 e. The Balaban J connectivity index is 1.68. The molecule has 2 bridgehead atoms. The topological polar surface area (TPSA) is 22.1 Å². The molecular weight excluding hydrogens is 385 g/mol. The first-order chi connectivity index (χ1) is 14.5. The van der Waals surface area contributed by atoms with Crippen LogP contribution >= 0.6 is 8.15 Å². The largest absolute Gasteiger partial charge is 0.336 e. The lowest BCUT2D eigenvalue weighted by atomic mass is 9.63. The fourth-order valence-corrected chi connectivity index (χ4v) is 8.04. The molecular formula is C27H30NOP. The van der Waals surface area contributed by atoms with Gasteiger partial charge in [-0.3, -0.25) is 4.98 Å². The van der Waals surface area contributed by atoms with Crippen LogP contribution in [0.2, 0.25) is 0 Å². The van der Waals surface area contributed by atoms with Crippen molar-refractivity contribution in [2.45, 2.75) is 45.6 Å². The fraction of sp³-hybridized carbons (Fsp3) is 0.370. The van der Waals surface area contributed by atoms with Gasteiger partial charge in [0.25, 0.3) is 0 Å². The number of fused-ring (bicyclic) bond motifs is 2. The third-order valence-electron chi connectivity index (χ3n) is 8.17. The average Bonchev–Trinajstić information content (AvgIpc) is 3.12. The van der Waals surface area contributed by atoms with Gasteiger partial charge in [-0.05, 0) is 42.7 Å². The van der Waals surface area contributed by atoms with Crippen LogP contribution in [0.15, 0.2) is 85.1 Å². The predicted octanol–water partition coefficient (Wildman–Crippen LogP) is 6.19. The summed E-state index contributed by atoms with van der Waals surface area (Å²) in [5, 5.41) is 2.52. The molecule has 1 heterocycles. The number of hydrogen-bond donors (Lipinski definition) is 0. The molecule has 30 heavy (non-hydrogen) atoms. The molecule has 0 amide bonds. The second-order valence-corrected chi connectivity index (χ2v) is 11.4. The van der Waals surface area contributed by atoms with E-state index >= 15 is 0 Å². The van der Waals surface area contributed by atoms with Gasteiger partial charge in [-0.15, -0.1) is 0 Å². The molecule has 0 spiro atoms. The lowest BCUT2D eigenvalue weighted by Crippen LogP contribution is -2.47. The van der Waals surface area contributed by atoms with Crippen molar-refractivity contribution in [1.82, 2.24) is 4.98 Å². The van der Waals surface area contributed by atoms with Gasteiger partial charge >= 0.3 is 0 Å². The summed E-state index contributed by atoms with van der Waals surface area (Å²) >= 11 is 0. The number of hydrogen-bond acceptors (Lipinski definition) is 2. The van der Waals surface area contributed by atoms with Crippen LogP contribution in [-0.2, 0) is 10.1 Å². The van der Waals surface area contributed by atoms with E-state index < -0.39 is 8.15 Å². The molecule has 2 aromatic carbocycles. The average molecular weight is 416 g/mol. The molecule has 0 radical (unpaired) electrons. The Hall–Kier alpha value is -2.02. The summed E-state index contributed by atoms with van der Waals surface area (Å²) in [5.41, 5.74) is 0.988. The normalized spacial score (nSPS) is 29.4. The Morgan fingerprint density at radius 2 is 1.43 bits per heavy atom. The van der Waals surface area contributed by atoms with Gasteiger partial charge in [0, 0.05) is 22.2 Å². The maximum absolute atomic E-state index is 7.43. The molecule has 0 unspecified atom stereocenters. The van der Waals surface area contributed by atoms with Crippen molar-refractivity contribution in [2.24, 2.45) is 16.7 Å². The van der Waals surface area contributed by atoms with E-state index in [2.05, 4.69) is 93.6 Å². The highest BCUT2D eigenvalue weighted by atomic mass is 31.1. The molecule has 2 nitrogen and oxygen atoms in total. The Morgan fingerprint density at radius 1 is 0.833 bits per heavy atom. The number of nitrogens with zero attached hydrogens (tertiary/aromatic N) is 1. The minimum absolute atomic E-state index is 0.0448. The van der Waals surface area contributed by atoms with Crippen LogP contribution < -0.4 is 10.6 Å². The highest BCUT2D eigenvalue weighted by molar-refractivity contribution is 7.68. The molecule has 154 valence electrons. The molecule has 2 aliphatic carbocycles. The fourth-order valence-electron chi connectivity index (χ4n) is 5.96. The second-order valence-electron chi connectivity index (χ2n) is 9.59. The van der Waals surface area contributed by atoms with Crippen LogP contribution in [0.1, 0.15) is 45.7 Å². The first kappa shape index (κ1) is 19.9. The van der Waals surface area contributed by atoms with Crippen molar-refractivity contribution in [1.29, 1.82) is 0 Å². The van der Waals surface area contributed by atoms with E-state index in [1.807, 2.05) is 12.3 Å². The zero-order valence-electron chi connectivity index (χ0n) is 18.1. The summed E-state index contributed by atoms with van der Waals surface area (Å²) < 4.78 is 7.43. The highest BCUT2D eigenvalue weighted by Gasteiger charge is 2.71. The Kier molecular flexibility index (Phi) is 4.84. The van der Waals surface area contributed by atoms with E-state index in [0.717, 1.165) is 12.1 Å². The predicted molar refractivity (Wildman–Crippen MR) is 125 cm³/mol. The molecule has 5 rings (SSSR count). The summed E-state index contributed by atoms with van der Waals surface area (Å²) in [7, 11) is -0.959. The summed E-state index contributed by atoms with van der Waals surface area (Å²) in [4.78, 5) is 4.89. The van der Waals surface area contributed by atoms with Crippen LogP contribution in [0, 0.1) is 16.7 Å². The highest BCUT2D eigenvalue weighted by Crippen LogP contribution is 2.75. The van der Waals surface area contributed by atoms with E-state index in [4.69, 9.17) is 9.51 Å². The van der Waals surface area contributed by atoms with Gasteiger partial charge in [-0.1, -0.05) is 87.5 Å². The van der Waals surface area contributed by atoms with Crippen LogP contribution in [0.3, 0.4) is 0 Å². The van der Waals surface area contributed by atoms with Crippen LogP contribution in [0.5, 0.6) is 0 Å². The molecule has 0 aliphatic heterocycles. The number of rotatable bonds is 5. The molecule has 3 atom stereocenters. The van der Waals surface area contributed by atoms with E-state index in [1.165, 1.54) is 23.5 Å². The summed E-state index contributed by atoms with van der Waals surface area (Å²) in [6.45, 7) is 7.36. The maximum atomic E-state index is 7.43. The van der Waals surface area contributed by atoms with Crippen LogP contribution in [0.4, 0.5) is 0 Å².